The topological polar surface area (TPSA) is 28.2 Å². The molecule has 2 aliphatic rings. The zero-order valence-electron chi connectivity index (χ0n) is 13.0. The SMILES string of the molecule is CC(C)(C)c1ccc(NC2CCN3CCCC3C2)nc1. The molecular weight excluding hydrogens is 246 g/mol. The van der Waals surface area contributed by atoms with Crippen LogP contribution in [-0.4, -0.2) is 35.1 Å². The molecule has 3 nitrogen and oxygen atoms in total. The molecule has 0 spiro atoms. The van der Waals surface area contributed by atoms with Crippen molar-refractivity contribution in [3.05, 3.63) is 23.9 Å². The molecule has 1 aromatic heterocycles. The van der Waals surface area contributed by atoms with Crippen molar-refractivity contribution in [2.75, 3.05) is 18.4 Å². The van der Waals surface area contributed by atoms with Crippen LogP contribution in [0, 0.1) is 0 Å². The smallest absolute Gasteiger partial charge is 0.126 e. The Morgan fingerprint density at radius 1 is 1.20 bits per heavy atom. The zero-order valence-corrected chi connectivity index (χ0v) is 13.0. The molecule has 1 N–H and O–H groups in total. The van der Waals surface area contributed by atoms with E-state index in [1.165, 1.54) is 44.3 Å². The molecule has 2 fully saturated rings. The molecule has 1 aromatic rings. The van der Waals surface area contributed by atoms with Gasteiger partial charge in [0.1, 0.15) is 5.82 Å². The largest absolute Gasteiger partial charge is 0.367 e. The molecule has 3 heteroatoms. The molecule has 0 saturated carbocycles. The molecule has 3 heterocycles. The fourth-order valence-corrected chi connectivity index (χ4v) is 3.49. The van der Waals surface area contributed by atoms with E-state index in [0.717, 1.165) is 11.9 Å². The van der Waals surface area contributed by atoms with Gasteiger partial charge in [-0.15, -0.1) is 0 Å². The van der Waals surface area contributed by atoms with E-state index in [4.69, 9.17) is 0 Å². The summed E-state index contributed by atoms with van der Waals surface area (Å²) in [7, 11) is 0. The first kappa shape index (κ1) is 13.9. The van der Waals surface area contributed by atoms with Gasteiger partial charge < -0.3 is 10.2 Å². The highest BCUT2D eigenvalue weighted by Gasteiger charge is 2.31. The summed E-state index contributed by atoms with van der Waals surface area (Å²) in [6.45, 7) is 9.26. The lowest BCUT2D eigenvalue weighted by Crippen LogP contribution is -2.42. The molecule has 110 valence electrons. The van der Waals surface area contributed by atoms with Gasteiger partial charge in [-0.05, 0) is 49.3 Å². The summed E-state index contributed by atoms with van der Waals surface area (Å²) in [5.74, 6) is 1.04. The van der Waals surface area contributed by atoms with Gasteiger partial charge in [0, 0.05) is 24.8 Å². The molecule has 2 saturated heterocycles. The third-order valence-electron chi connectivity index (χ3n) is 4.80. The van der Waals surface area contributed by atoms with E-state index in [0.29, 0.717) is 6.04 Å². The van der Waals surface area contributed by atoms with Crippen LogP contribution in [0.15, 0.2) is 18.3 Å². The van der Waals surface area contributed by atoms with Crippen molar-refractivity contribution in [3.63, 3.8) is 0 Å². The standard InChI is InChI=1S/C17H27N3/c1-17(2,3)13-6-7-16(18-12-13)19-14-8-10-20-9-4-5-15(20)11-14/h6-7,12,14-15H,4-5,8-11H2,1-3H3,(H,18,19). The number of rotatable bonds is 2. The van der Waals surface area contributed by atoms with Crippen LogP contribution in [0.3, 0.4) is 0 Å². The summed E-state index contributed by atoms with van der Waals surface area (Å²) >= 11 is 0. The second kappa shape index (κ2) is 5.36. The zero-order chi connectivity index (χ0) is 14.2. The van der Waals surface area contributed by atoms with Crippen molar-refractivity contribution in [2.24, 2.45) is 0 Å². The Hall–Kier alpha value is -1.09. The fourth-order valence-electron chi connectivity index (χ4n) is 3.49. The Kier molecular flexibility index (Phi) is 3.72. The number of piperidine rings is 1. The molecule has 0 aliphatic carbocycles. The Labute approximate surface area is 122 Å². The van der Waals surface area contributed by atoms with Crippen molar-refractivity contribution in [2.45, 2.75) is 64.0 Å². The third-order valence-corrected chi connectivity index (χ3v) is 4.80. The minimum absolute atomic E-state index is 0.181. The number of pyridine rings is 1. The van der Waals surface area contributed by atoms with Crippen LogP contribution in [0.1, 0.15) is 52.0 Å². The maximum atomic E-state index is 4.60. The number of anilines is 1. The molecule has 0 radical (unpaired) electrons. The lowest BCUT2D eigenvalue weighted by Gasteiger charge is -2.35. The molecular formula is C17H27N3. The molecule has 0 bridgehead atoms. The van der Waals surface area contributed by atoms with Crippen LogP contribution in [0.4, 0.5) is 5.82 Å². The summed E-state index contributed by atoms with van der Waals surface area (Å²) in [5, 5.41) is 3.63. The van der Waals surface area contributed by atoms with Crippen molar-refractivity contribution >= 4 is 5.82 Å². The summed E-state index contributed by atoms with van der Waals surface area (Å²) in [6.07, 6.45) is 7.32. The van der Waals surface area contributed by atoms with Gasteiger partial charge in [0.25, 0.3) is 0 Å². The van der Waals surface area contributed by atoms with E-state index in [2.05, 4.69) is 48.1 Å². The lowest BCUT2D eigenvalue weighted by molar-refractivity contribution is 0.188. The minimum Gasteiger partial charge on any atom is -0.367 e. The second-order valence-electron chi connectivity index (χ2n) is 7.38. The van der Waals surface area contributed by atoms with Crippen LogP contribution >= 0.6 is 0 Å². The highest BCUT2D eigenvalue weighted by atomic mass is 15.2. The van der Waals surface area contributed by atoms with E-state index in [-0.39, 0.29) is 5.41 Å². The number of nitrogens with one attached hydrogen (secondary N) is 1. The first-order chi connectivity index (χ1) is 9.52. The highest BCUT2D eigenvalue weighted by Crippen LogP contribution is 2.28. The van der Waals surface area contributed by atoms with E-state index in [9.17, 15) is 0 Å². The summed E-state index contributed by atoms with van der Waals surface area (Å²) in [4.78, 5) is 7.26. The van der Waals surface area contributed by atoms with E-state index in [1.807, 2.05) is 6.20 Å². The normalized spacial score (nSPS) is 27.4. The summed E-state index contributed by atoms with van der Waals surface area (Å²) in [6, 6.07) is 5.76. The van der Waals surface area contributed by atoms with Gasteiger partial charge in [0.05, 0.1) is 0 Å². The third kappa shape index (κ3) is 2.98. The average Bonchev–Trinajstić information content (AvgIpc) is 2.86. The van der Waals surface area contributed by atoms with Crippen LogP contribution < -0.4 is 5.32 Å². The number of hydrogen-bond donors (Lipinski definition) is 1. The Bertz CT molecular complexity index is 446. The van der Waals surface area contributed by atoms with E-state index in [1.54, 1.807) is 0 Å². The first-order valence-corrected chi connectivity index (χ1v) is 7.99. The molecule has 0 amide bonds. The van der Waals surface area contributed by atoms with Crippen molar-refractivity contribution in [1.82, 2.24) is 9.88 Å². The number of fused-ring (bicyclic) bond motifs is 1. The van der Waals surface area contributed by atoms with Gasteiger partial charge in [-0.2, -0.15) is 0 Å². The average molecular weight is 273 g/mol. The second-order valence-corrected chi connectivity index (χ2v) is 7.38. The number of hydrogen-bond acceptors (Lipinski definition) is 3. The number of aromatic nitrogens is 1. The van der Waals surface area contributed by atoms with Gasteiger partial charge in [-0.25, -0.2) is 4.98 Å². The fraction of sp³-hybridized carbons (Fsp3) is 0.706. The van der Waals surface area contributed by atoms with Crippen molar-refractivity contribution in [3.8, 4) is 0 Å². The molecule has 0 aromatic carbocycles. The summed E-state index contributed by atoms with van der Waals surface area (Å²) in [5.41, 5.74) is 1.48. The Balaban J connectivity index is 1.60. The molecule has 20 heavy (non-hydrogen) atoms. The molecule has 2 unspecified atom stereocenters. The molecule has 2 atom stereocenters. The molecule has 3 rings (SSSR count). The quantitative estimate of drug-likeness (QED) is 0.895. The first-order valence-electron chi connectivity index (χ1n) is 7.99. The van der Waals surface area contributed by atoms with Gasteiger partial charge in [-0.1, -0.05) is 26.8 Å². The van der Waals surface area contributed by atoms with Crippen molar-refractivity contribution < 1.29 is 0 Å². The van der Waals surface area contributed by atoms with Gasteiger partial charge >= 0.3 is 0 Å². The van der Waals surface area contributed by atoms with Crippen LogP contribution in [0.2, 0.25) is 0 Å². The van der Waals surface area contributed by atoms with Gasteiger partial charge in [0.15, 0.2) is 0 Å². The van der Waals surface area contributed by atoms with Crippen LogP contribution in [0.25, 0.3) is 0 Å². The lowest BCUT2D eigenvalue weighted by atomic mass is 9.88. The maximum Gasteiger partial charge on any atom is 0.126 e. The predicted molar refractivity (Wildman–Crippen MR) is 84.2 cm³/mol. The van der Waals surface area contributed by atoms with Gasteiger partial charge in [-0.3, -0.25) is 0 Å². The Morgan fingerprint density at radius 2 is 2.05 bits per heavy atom. The van der Waals surface area contributed by atoms with Crippen LogP contribution in [0.5, 0.6) is 0 Å². The van der Waals surface area contributed by atoms with Crippen molar-refractivity contribution in [1.29, 1.82) is 0 Å². The van der Waals surface area contributed by atoms with Gasteiger partial charge in [0.2, 0.25) is 0 Å². The number of nitrogens with zero attached hydrogens (tertiary/aromatic N) is 2. The minimum atomic E-state index is 0.181. The summed E-state index contributed by atoms with van der Waals surface area (Å²) < 4.78 is 0. The molecule has 2 aliphatic heterocycles. The highest BCUT2D eigenvalue weighted by molar-refractivity contribution is 5.38. The monoisotopic (exact) mass is 273 g/mol. The van der Waals surface area contributed by atoms with E-state index >= 15 is 0 Å². The predicted octanol–water partition coefficient (Wildman–Crippen LogP) is 3.42. The van der Waals surface area contributed by atoms with E-state index < -0.39 is 0 Å². The Morgan fingerprint density at radius 3 is 2.75 bits per heavy atom. The van der Waals surface area contributed by atoms with Crippen LogP contribution in [-0.2, 0) is 5.41 Å². The maximum absolute atomic E-state index is 4.60.